The minimum absolute atomic E-state index is 0.250. The molecule has 0 unspecified atom stereocenters. The number of rotatable bonds is 3. The summed E-state index contributed by atoms with van der Waals surface area (Å²) < 4.78 is 13.0. The van der Waals surface area contributed by atoms with E-state index in [1.165, 1.54) is 12.1 Å². The minimum atomic E-state index is -0.250. The van der Waals surface area contributed by atoms with Gasteiger partial charge in [-0.25, -0.2) is 4.39 Å². The summed E-state index contributed by atoms with van der Waals surface area (Å²) in [6.07, 6.45) is 0. The lowest BCUT2D eigenvalue weighted by atomic mass is 10.1. The quantitative estimate of drug-likeness (QED) is 0.698. The molecule has 1 aromatic rings. The second kappa shape index (κ2) is 4.47. The zero-order valence-electron chi connectivity index (χ0n) is 8.35. The Morgan fingerprint density at radius 3 is 2.64 bits per heavy atom. The summed E-state index contributed by atoms with van der Waals surface area (Å²) in [7, 11) is 3.72. The third-order valence-corrected chi connectivity index (χ3v) is 2.31. The first-order chi connectivity index (χ1) is 6.56. The van der Waals surface area contributed by atoms with Crippen LogP contribution >= 0.6 is 11.6 Å². The fraction of sp³-hybridized carbons (Fsp3) is 0.273. The summed E-state index contributed by atoms with van der Waals surface area (Å²) >= 11 is 5.69. The SMILES string of the molecule is C=C(CCl)c1ccc(F)cc1N(C)C. The first kappa shape index (κ1) is 11.1. The van der Waals surface area contributed by atoms with E-state index in [2.05, 4.69) is 6.58 Å². The number of anilines is 1. The average Bonchev–Trinajstić information content (AvgIpc) is 2.16. The van der Waals surface area contributed by atoms with E-state index in [-0.39, 0.29) is 5.82 Å². The van der Waals surface area contributed by atoms with E-state index >= 15 is 0 Å². The van der Waals surface area contributed by atoms with Crippen molar-refractivity contribution in [3.63, 3.8) is 0 Å². The van der Waals surface area contributed by atoms with Gasteiger partial charge in [-0.3, -0.25) is 0 Å². The highest BCUT2D eigenvalue weighted by Gasteiger charge is 2.08. The van der Waals surface area contributed by atoms with Crippen LogP contribution in [0.5, 0.6) is 0 Å². The van der Waals surface area contributed by atoms with Crippen molar-refractivity contribution in [2.75, 3.05) is 24.9 Å². The third-order valence-electron chi connectivity index (χ3n) is 1.98. The molecule has 0 aliphatic heterocycles. The molecule has 0 radical (unpaired) electrons. The molecule has 1 rings (SSSR count). The lowest BCUT2D eigenvalue weighted by Crippen LogP contribution is -2.11. The molecule has 1 nitrogen and oxygen atoms in total. The zero-order valence-corrected chi connectivity index (χ0v) is 9.11. The first-order valence-electron chi connectivity index (χ1n) is 4.27. The van der Waals surface area contributed by atoms with Gasteiger partial charge in [0.25, 0.3) is 0 Å². The van der Waals surface area contributed by atoms with Crippen LogP contribution in [0.1, 0.15) is 5.56 Å². The van der Waals surface area contributed by atoms with Gasteiger partial charge in [0, 0.05) is 31.2 Å². The van der Waals surface area contributed by atoms with Crippen molar-refractivity contribution >= 4 is 22.9 Å². The summed E-state index contributed by atoms with van der Waals surface area (Å²) in [5, 5.41) is 0. The van der Waals surface area contributed by atoms with Crippen molar-refractivity contribution in [1.29, 1.82) is 0 Å². The second-order valence-electron chi connectivity index (χ2n) is 3.29. The Morgan fingerprint density at radius 1 is 1.50 bits per heavy atom. The molecule has 3 heteroatoms. The van der Waals surface area contributed by atoms with Gasteiger partial charge < -0.3 is 4.90 Å². The van der Waals surface area contributed by atoms with Crippen LogP contribution in [0.4, 0.5) is 10.1 Å². The molecule has 0 spiro atoms. The van der Waals surface area contributed by atoms with Crippen molar-refractivity contribution in [1.82, 2.24) is 0 Å². The molecule has 0 aromatic heterocycles. The summed E-state index contributed by atoms with van der Waals surface area (Å²) in [4.78, 5) is 1.84. The molecule has 14 heavy (non-hydrogen) atoms. The molecule has 0 aliphatic carbocycles. The van der Waals surface area contributed by atoms with Gasteiger partial charge in [0.1, 0.15) is 5.82 Å². The average molecular weight is 214 g/mol. The fourth-order valence-corrected chi connectivity index (χ4v) is 1.39. The maximum atomic E-state index is 13.0. The van der Waals surface area contributed by atoms with Gasteiger partial charge in [0.05, 0.1) is 0 Å². The number of allylic oxidation sites excluding steroid dienone is 1. The molecule has 0 N–H and O–H groups in total. The number of hydrogen-bond acceptors (Lipinski definition) is 1. The van der Waals surface area contributed by atoms with Crippen LogP contribution in [0.15, 0.2) is 24.8 Å². The van der Waals surface area contributed by atoms with Gasteiger partial charge >= 0.3 is 0 Å². The van der Waals surface area contributed by atoms with Gasteiger partial charge in [-0.1, -0.05) is 6.58 Å². The molecule has 1 aromatic carbocycles. The number of halogens is 2. The Kier molecular flexibility index (Phi) is 3.53. The number of benzene rings is 1. The van der Waals surface area contributed by atoms with Crippen LogP contribution in [-0.4, -0.2) is 20.0 Å². The van der Waals surface area contributed by atoms with Crippen molar-refractivity contribution in [2.45, 2.75) is 0 Å². The van der Waals surface area contributed by atoms with Gasteiger partial charge in [0.15, 0.2) is 0 Å². The molecule has 0 aliphatic rings. The van der Waals surface area contributed by atoms with E-state index in [9.17, 15) is 4.39 Å². The molecule has 0 saturated heterocycles. The highest BCUT2D eigenvalue weighted by molar-refractivity contribution is 6.23. The monoisotopic (exact) mass is 213 g/mol. The largest absolute Gasteiger partial charge is 0.377 e. The third kappa shape index (κ3) is 2.26. The van der Waals surface area contributed by atoms with E-state index in [4.69, 9.17) is 11.6 Å². The molecular formula is C11H13ClFN. The van der Waals surface area contributed by atoms with Crippen molar-refractivity contribution < 1.29 is 4.39 Å². The summed E-state index contributed by atoms with van der Waals surface area (Å²) in [5.74, 6) is 0.103. The topological polar surface area (TPSA) is 3.24 Å². The van der Waals surface area contributed by atoms with E-state index in [1.807, 2.05) is 19.0 Å². The summed E-state index contributed by atoms with van der Waals surface area (Å²) in [6, 6.07) is 4.60. The lowest BCUT2D eigenvalue weighted by molar-refractivity contribution is 0.627. The maximum Gasteiger partial charge on any atom is 0.125 e. The minimum Gasteiger partial charge on any atom is -0.377 e. The summed E-state index contributed by atoms with van der Waals surface area (Å²) in [6.45, 7) is 3.84. The molecule has 0 heterocycles. The Labute approximate surface area is 88.8 Å². The van der Waals surface area contributed by atoms with E-state index in [0.717, 1.165) is 16.8 Å². The number of alkyl halides is 1. The smallest absolute Gasteiger partial charge is 0.125 e. The maximum absolute atomic E-state index is 13.0. The Bertz CT molecular complexity index is 347. The molecule has 0 atom stereocenters. The Morgan fingerprint density at radius 2 is 2.14 bits per heavy atom. The predicted octanol–water partition coefficient (Wildman–Crippen LogP) is 3.14. The van der Waals surface area contributed by atoms with E-state index < -0.39 is 0 Å². The molecule has 0 bridgehead atoms. The fourth-order valence-electron chi connectivity index (χ4n) is 1.25. The second-order valence-corrected chi connectivity index (χ2v) is 3.56. The van der Waals surface area contributed by atoms with Crippen molar-refractivity contribution in [2.24, 2.45) is 0 Å². The predicted molar refractivity (Wildman–Crippen MR) is 60.5 cm³/mol. The highest BCUT2D eigenvalue weighted by atomic mass is 35.5. The number of hydrogen-bond donors (Lipinski definition) is 0. The lowest BCUT2D eigenvalue weighted by Gasteiger charge is -2.18. The van der Waals surface area contributed by atoms with Crippen LogP contribution in [0.3, 0.4) is 0 Å². The molecule has 76 valence electrons. The van der Waals surface area contributed by atoms with E-state index in [0.29, 0.717) is 5.88 Å². The first-order valence-corrected chi connectivity index (χ1v) is 4.80. The normalized spacial score (nSPS) is 10.0. The van der Waals surface area contributed by atoms with Crippen LogP contribution in [-0.2, 0) is 0 Å². The van der Waals surface area contributed by atoms with Gasteiger partial charge in [0.2, 0.25) is 0 Å². The van der Waals surface area contributed by atoms with Gasteiger partial charge in [-0.15, -0.1) is 11.6 Å². The van der Waals surface area contributed by atoms with Crippen LogP contribution in [0, 0.1) is 5.82 Å². The molecular weight excluding hydrogens is 201 g/mol. The standard InChI is InChI=1S/C11H13ClFN/c1-8(7-12)10-5-4-9(13)6-11(10)14(2)3/h4-6H,1,7H2,2-3H3. The molecule has 0 fully saturated rings. The Hall–Kier alpha value is -1.02. The van der Waals surface area contributed by atoms with E-state index in [1.54, 1.807) is 6.07 Å². The zero-order chi connectivity index (χ0) is 10.7. The number of nitrogens with zero attached hydrogens (tertiary/aromatic N) is 1. The van der Waals surface area contributed by atoms with Crippen LogP contribution in [0.25, 0.3) is 5.57 Å². The molecule has 0 amide bonds. The molecule has 0 saturated carbocycles. The van der Waals surface area contributed by atoms with Crippen LogP contribution < -0.4 is 4.90 Å². The van der Waals surface area contributed by atoms with Gasteiger partial charge in [-0.2, -0.15) is 0 Å². The summed E-state index contributed by atoms with van der Waals surface area (Å²) in [5.41, 5.74) is 2.50. The van der Waals surface area contributed by atoms with Crippen LogP contribution in [0.2, 0.25) is 0 Å². The highest BCUT2D eigenvalue weighted by Crippen LogP contribution is 2.26. The Balaban J connectivity index is 3.21. The van der Waals surface area contributed by atoms with Crippen molar-refractivity contribution in [3.8, 4) is 0 Å². The van der Waals surface area contributed by atoms with Crippen molar-refractivity contribution in [3.05, 3.63) is 36.2 Å². The van der Waals surface area contributed by atoms with Gasteiger partial charge in [-0.05, 0) is 23.8 Å².